The fourth-order valence-electron chi connectivity index (χ4n) is 3.80. The zero-order chi connectivity index (χ0) is 20.3. The molecule has 3 rings (SSSR count). The molecule has 0 saturated heterocycles. The molecule has 1 aromatic carbocycles. The highest BCUT2D eigenvalue weighted by Crippen LogP contribution is 2.25. The van der Waals surface area contributed by atoms with Crippen molar-refractivity contribution in [2.45, 2.75) is 46.6 Å². The number of benzene rings is 1. The summed E-state index contributed by atoms with van der Waals surface area (Å²) in [5, 5.41) is 5.81. The number of methoxy groups -OCH3 is 1. The molecule has 7 nitrogen and oxygen atoms in total. The second-order valence-corrected chi connectivity index (χ2v) is 7.32. The summed E-state index contributed by atoms with van der Waals surface area (Å²) >= 11 is 0. The molecule has 2 amide bonds. The zero-order valence-electron chi connectivity index (χ0n) is 17.0. The van der Waals surface area contributed by atoms with Crippen molar-refractivity contribution in [3.05, 3.63) is 46.0 Å². The van der Waals surface area contributed by atoms with Gasteiger partial charge in [-0.3, -0.25) is 9.59 Å². The van der Waals surface area contributed by atoms with Crippen LogP contribution in [0.3, 0.4) is 0 Å². The number of nitrogens with zero attached hydrogens (tertiary/aromatic N) is 2. The Morgan fingerprint density at radius 2 is 1.86 bits per heavy atom. The van der Waals surface area contributed by atoms with E-state index in [1.165, 1.54) is 0 Å². The molecule has 1 aromatic heterocycles. The summed E-state index contributed by atoms with van der Waals surface area (Å²) in [5.74, 6) is -0.246. The van der Waals surface area contributed by atoms with Gasteiger partial charge in [0.05, 0.1) is 12.3 Å². The van der Waals surface area contributed by atoms with Crippen LogP contribution in [-0.2, 0) is 17.7 Å². The summed E-state index contributed by atoms with van der Waals surface area (Å²) in [6.45, 7) is 7.52. The maximum absolute atomic E-state index is 13.0. The third kappa shape index (κ3) is 4.09. The Hall–Kier alpha value is -2.67. The number of anilines is 1. The number of aromatic nitrogens is 2. The Labute approximate surface area is 165 Å². The van der Waals surface area contributed by atoms with Gasteiger partial charge in [-0.2, -0.15) is 0 Å². The van der Waals surface area contributed by atoms with E-state index >= 15 is 0 Å². The summed E-state index contributed by atoms with van der Waals surface area (Å²) in [7, 11) is 1.59. The Morgan fingerprint density at radius 1 is 1.14 bits per heavy atom. The maximum Gasteiger partial charge on any atom is 0.291 e. The number of hydrogen-bond acceptors (Lipinski definition) is 4. The quantitative estimate of drug-likeness (QED) is 0.750. The molecule has 0 saturated carbocycles. The lowest BCUT2D eigenvalue weighted by Gasteiger charge is -2.18. The summed E-state index contributed by atoms with van der Waals surface area (Å²) in [5.41, 5.74) is 5.15. The van der Waals surface area contributed by atoms with Gasteiger partial charge in [0.25, 0.3) is 11.8 Å². The molecule has 0 radical (unpaired) electrons. The first kappa shape index (κ1) is 20.1. The monoisotopic (exact) mass is 384 g/mol. The molecule has 7 heteroatoms. The van der Waals surface area contributed by atoms with Crippen molar-refractivity contribution in [3.8, 4) is 0 Å². The first-order valence-electron chi connectivity index (χ1n) is 9.68. The van der Waals surface area contributed by atoms with Crippen molar-refractivity contribution >= 4 is 17.5 Å². The summed E-state index contributed by atoms with van der Waals surface area (Å²) in [6, 6.07) is 4.08. The van der Waals surface area contributed by atoms with E-state index < -0.39 is 0 Å². The Bertz CT molecular complexity index is 878. The SMILES string of the molecule is COCCNC(=O)c1nc(C(=O)Nc2c(C)cc(C)cc2C)n2c1CCCC2. The summed E-state index contributed by atoms with van der Waals surface area (Å²) in [6.07, 6.45) is 2.70. The van der Waals surface area contributed by atoms with Gasteiger partial charge < -0.3 is 19.9 Å². The van der Waals surface area contributed by atoms with Crippen molar-refractivity contribution in [2.24, 2.45) is 0 Å². The number of imidazole rings is 1. The molecule has 0 fully saturated rings. The van der Waals surface area contributed by atoms with Crippen LogP contribution in [0, 0.1) is 20.8 Å². The zero-order valence-corrected chi connectivity index (χ0v) is 17.0. The molecule has 0 unspecified atom stereocenters. The van der Waals surface area contributed by atoms with Crippen LogP contribution < -0.4 is 10.6 Å². The normalized spacial score (nSPS) is 13.1. The van der Waals surface area contributed by atoms with E-state index in [1.54, 1.807) is 7.11 Å². The van der Waals surface area contributed by atoms with E-state index in [1.807, 2.05) is 37.5 Å². The van der Waals surface area contributed by atoms with Gasteiger partial charge in [-0.1, -0.05) is 17.7 Å². The molecule has 28 heavy (non-hydrogen) atoms. The third-order valence-corrected chi connectivity index (χ3v) is 5.04. The molecule has 0 aliphatic carbocycles. The topological polar surface area (TPSA) is 85.2 Å². The van der Waals surface area contributed by atoms with E-state index in [-0.39, 0.29) is 11.8 Å². The highest BCUT2D eigenvalue weighted by atomic mass is 16.5. The number of carbonyl (C=O) groups excluding carboxylic acids is 2. The Kier molecular flexibility index (Phi) is 6.14. The Morgan fingerprint density at radius 3 is 2.54 bits per heavy atom. The Balaban J connectivity index is 1.89. The predicted molar refractivity (Wildman–Crippen MR) is 108 cm³/mol. The molecular formula is C21H28N4O3. The van der Waals surface area contributed by atoms with Gasteiger partial charge in [-0.25, -0.2) is 4.98 Å². The average molecular weight is 384 g/mol. The molecule has 1 aliphatic rings. The molecular weight excluding hydrogens is 356 g/mol. The number of ether oxygens (including phenoxy) is 1. The van der Waals surface area contributed by atoms with Crippen LogP contribution >= 0.6 is 0 Å². The second kappa shape index (κ2) is 8.56. The molecule has 0 bridgehead atoms. The minimum absolute atomic E-state index is 0.260. The molecule has 1 aliphatic heterocycles. The number of amides is 2. The van der Waals surface area contributed by atoms with Gasteiger partial charge in [-0.15, -0.1) is 0 Å². The van der Waals surface area contributed by atoms with Gasteiger partial charge >= 0.3 is 0 Å². The van der Waals surface area contributed by atoms with Crippen molar-refractivity contribution in [1.29, 1.82) is 0 Å². The molecule has 2 heterocycles. The standard InChI is InChI=1S/C21H28N4O3/c1-13-11-14(2)17(15(3)12-13)24-21(27)19-23-18(20(26)22-8-10-28-4)16-7-5-6-9-25(16)19/h11-12H,5-10H2,1-4H3,(H,22,26)(H,24,27). The van der Waals surface area contributed by atoms with Crippen LogP contribution in [-0.4, -0.2) is 41.6 Å². The van der Waals surface area contributed by atoms with Gasteiger partial charge in [-0.05, 0) is 51.2 Å². The highest BCUT2D eigenvalue weighted by molar-refractivity contribution is 6.04. The number of rotatable bonds is 6. The van der Waals surface area contributed by atoms with Gasteiger partial charge in [0.2, 0.25) is 0 Å². The fraction of sp³-hybridized carbons (Fsp3) is 0.476. The van der Waals surface area contributed by atoms with E-state index in [4.69, 9.17) is 4.74 Å². The van der Waals surface area contributed by atoms with Crippen LogP contribution in [0.1, 0.15) is 56.3 Å². The van der Waals surface area contributed by atoms with Gasteiger partial charge in [0.1, 0.15) is 5.69 Å². The molecule has 0 atom stereocenters. The van der Waals surface area contributed by atoms with Gasteiger partial charge in [0.15, 0.2) is 5.82 Å². The van der Waals surface area contributed by atoms with E-state index in [2.05, 4.69) is 15.6 Å². The van der Waals surface area contributed by atoms with Crippen LogP contribution in [0.4, 0.5) is 5.69 Å². The minimum Gasteiger partial charge on any atom is -0.383 e. The number of carbonyl (C=O) groups is 2. The predicted octanol–water partition coefficient (Wildman–Crippen LogP) is 2.77. The number of hydrogen-bond donors (Lipinski definition) is 2. The number of aryl methyl sites for hydroxylation is 3. The molecule has 150 valence electrons. The van der Waals surface area contributed by atoms with Crippen molar-refractivity contribution in [1.82, 2.24) is 14.9 Å². The maximum atomic E-state index is 13.0. The lowest BCUT2D eigenvalue weighted by Crippen LogP contribution is -2.28. The highest BCUT2D eigenvalue weighted by Gasteiger charge is 2.27. The van der Waals surface area contributed by atoms with Crippen LogP contribution in [0.25, 0.3) is 0 Å². The van der Waals surface area contributed by atoms with Crippen molar-refractivity contribution in [3.63, 3.8) is 0 Å². The second-order valence-electron chi connectivity index (χ2n) is 7.32. The molecule has 2 N–H and O–H groups in total. The largest absolute Gasteiger partial charge is 0.383 e. The molecule has 2 aromatic rings. The van der Waals surface area contributed by atoms with Crippen molar-refractivity contribution in [2.75, 3.05) is 25.6 Å². The lowest BCUT2D eigenvalue weighted by molar-refractivity contribution is 0.0931. The van der Waals surface area contributed by atoms with Crippen LogP contribution in [0.5, 0.6) is 0 Å². The first-order valence-corrected chi connectivity index (χ1v) is 9.68. The average Bonchev–Trinajstić information content (AvgIpc) is 3.04. The van der Waals surface area contributed by atoms with E-state index in [0.717, 1.165) is 47.3 Å². The van der Waals surface area contributed by atoms with E-state index in [0.29, 0.717) is 31.2 Å². The van der Waals surface area contributed by atoms with Crippen molar-refractivity contribution < 1.29 is 14.3 Å². The minimum atomic E-state index is -0.283. The summed E-state index contributed by atoms with van der Waals surface area (Å²) < 4.78 is 6.87. The first-order chi connectivity index (χ1) is 13.4. The number of nitrogens with one attached hydrogen (secondary N) is 2. The molecule has 0 spiro atoms. The third-order valence-electron chi connectivity index (χ3n) is 5.04. The number of fused-ring (bicyclic) bond motifs is 1. The van der Waals surface area contributed by atoms with Crippen LogP contribution in [0.2, 0.25) is 0 Å². The van der Waals surface area contributed by atoms with E-state index in [9.17, 15) is 9.59 Å². The summed E-state index contributed by atoms with van der Waals surface area (Å²) in [4.78, 5) is 30.0. The lowest BCUT2D eigenvalue weighted by atomic mass is 10.1. The van der Waals surface area contributed by atoms with Gasteiger partial charge in [0, 0.05) is 25.9 Å². The smallest absolute Gasteiger partial charge is 0.291 e. The van der Waals surface area contributed by atoms with Crippen LogP contribution in [0.15, 0.2) is 12.1 Å². The fourth-order valence-corrected chi connectivity index (χ4v) is 3.80.